The predicted molar refractivity (Wildman–Crippen MR) is 178 cm³/mol. The summed E-state index contributed by atoms with van der Waals surface area (Å²) in [5.41, 5.74) is 3.90. The number of aliphatic hydroxyl groups is 1. The van der Waals surface area contributed by atoms with E-state index in [-0.39, 0.29) is 29.8 Å². The third-order valence-corrected chi connectivity index (χ3v) is 10.5. The van der Waals surface area contributed by atoms with Gasteiger partial charge in [-0.15, -0.1) is 11.3 Å². The Morgan fingerprint density at radius 2 is 1.82 bits per heavy atom. The van der Waals surface area contributed by atoms with Crippen LogP contribution < -0.4 is 5.56 Å². The summed E-state index contributed by atoms with van der Waals surface area (Å²) >= 11 is 1.60. The molecule has 8 nitrogen and oxygen atoms in total. The van der Waals surface area contributed by atoms with Gasteiger partial charge >= 0.3 is 0 Å². The molecule has 0 unspecified atom stereocenters. The molecule has 2 atom stereocenters. The number of likely N-dealkylation sites (tertiary alicyclic amines) is 2. The number of thiophene rings is 1. The summed E-state index contributed by atoms with van der Waals surface area (Å²) in [6, 6.07) is 25.0. The number of aromatic nitrogens is 3. The minimum atomic E-state index is -1.08. The summed E-state index contributed by atoms with van der Waals surface area (Å²) in [6.07, 6.45) is 3.15. The number of carbonyl (C=O) groups is 1. The highest BCUT2D eigenvalue weighted by Gasteiger charge is 2.41. The Morgan fingerprint density at radius 3 is 2.56 bits per heavy atom. The number of carbonyl (C=O) groups excluding carboxylic acids is 1. The molecule has 5 aromatic rings. The number of benzene rings is 2. The molecule has 0 radical (unpaired) electrons. The minimum absolute atomic E-state index is 0.104. The summed E-state index contributed by atoms with van der Waals surface area (Å²) in [5.74, 6) is 0.179. The van der Waals surface area contributed by atoms with E-state index in [1.807, 2.05) is 34.5 Å². The molecule has 7 rings (SSSR count). The Labute approximate surface area is 267 Å². The molecule has 2 saturated heterocycles. The Balaban J connectivity index is 1.02. The van der Waals surface area contributed by atoms with E-state index >= 15 is 0 Å². The number of aromatic amines is 1. The van der Waals surface area contributed by atoms with Gasteiger partial charge in [0.1, 0.15) is 5.65 Å². The summed E-state index contributed by atoms with van der Waals surface area (Å²) in [5, 5.41) is 14.1. The number of rotatable bonds is 7. The number of nitrogens with zero attached hydrogens (tertiary/aromatic N) is 4. The molecule has 232 valence electrons. The second-order valence-corrected chi connectivity index (χ2v) is 13.7. The highest BCUT2D eigenvalue weighted by atomic mass is 32.1. The highest BCUT2D eigenvalue weighted by molar-refractivity contribution is 7.13. The first-order valence-electron chi connectivity index (χ1n) is 15.8. The second-order valence-electron chi connectivity index (χ2n) is 12.8. The van der Waals surface area contributed by atoms with Crippen molar-refractivity contribution in [1.82, 2.24) is 24.3 Å². The van der Waals surface area contributed by atoms with Crippen LogP contribution in [0.25, 0.3) is 21.6 Å². The third-order valence-electron chi connectivity index (χ3n) is 9.64. The molecule has 0 saturated carbocycles. The lowest BCUT2D eigenvalue weighted by Gasteiger charge is -2.43. The van der Waals surface area contributed by atoms with Gasteiger partial charge in [-0.2, -0.15) is 0 Å². The average Bonchev–Trinajstić information content (AvgIpc) is 3.75. The minimum Gasteiger partial charge on any atom is -0.388 e. The van der Waals surface area contributed by atoms with E-state index in [9.17, 15) is 14.7 Å². The van der Waals surface area contributed by atoms with Crippen LogP contribution in [0.15, 0.2) is 89.3 Å². The predicted octanol–water partition coefficient (Wildman–Crippen LogP) is 5.42. The summed E-state index contributed by atoms with van der Waals surface area (Å²) in [6.45, 7) is 5.78. The zero-order chi connectivity index (χ0) is 31.0. The number of aryl methyl sites for hydroxylation is 1. The quantitative estimate of drug-likeness (QED) is 0.253. The molecule has 1 amide bonds. The van der Waals surface area contributed by atoms with Gasteiger partial charge in [-0.05, 0) is 61.4 Å². The number of hydrogen-bond donors (Lipinski definition) is 2. The van der Waals surface area contributed by atoms with Crippen LogP contribution in [0.4, 0.5) is 0 Å². The Morgan fingerprint density at radius 1 is 1.04 bits per heavy atom. The molecule has 2 aliphatic rings. The standard InChI is InChI=1S/C36H39N5O3S/c1-25-9-11-26(12-10-25)21-39-16-13-28(30(22-39)27-6-3-2-4-7-27)34(42)40-17-14-36(44,15-18-40)23-41-24-37-33-29(35(41)43)20-31(38-33)32-8-5-19-45-32/h2-12,19-20,24,28,30,38,44H,13-18,21-23H2,1H3/t28-,30+/m1/s1. The third kappa shape index (κ3) is 6.25. The van der Waals surface area contributed by atoms with Crippen LogP contribution >= 0.6 is 11.3 Å². The molecule has 5 heterocycles. The van der Waals surface area contributed by atoms with Crippen molar-refractivity contribution in [3.8, 4) is 10.6 Å². The van der Waals surface area contributed by atoms with E-state index in [1.54, 1.807) is 11.3 Å². The first kappa shape index (κ1) is 29.6. The number of H-pyrrole nitrogens is 1. The number of piperidine rings is 2. The molecule has 0 spiro atoms. The first-order chi connectivity index (χ1) is 21.8. The maximum Gasteiger partial charge on any atom is 0.262 e. The highest BCUT2D eigenvalue weighted by Crippen LogP contribution is 2.36. The van der Waals surface area contributed by atoms with Gasteiger partial charge in [0.2, 0.25) is 5.91 Å². The zero-order valence-corrected chi connectivity index (χ0v) is 26.4. The number of fused-ring (bicyclic) bond motifs is 1. The summed E-state index contributed by atoms with van der Waals surface area (Å²) < 4.78 is 1.51. The van der Waals surface area contributed by atoms with Gasteiger partial charge < -0.3 is 15.0 Å². The van der Waals surface area contributed by atoms with E-state index in [2.05, 4.69) is 70.3 Å². The molecule has 2 aromatic carbocycles. The van der Waals surface area contributed by atoms with Crippen molar-refractivity contribution in [3.63, 3.8) is 0 Å². The van der Waals surface area contributed by atoms with Gasteiger partial charge in [-0.3, -0.25) is 19.1 Å². The lowest BCUT2D eigenvalue weighted by molar-refractivity contribution is -0.142. The summed E-state index contributed by atoms with van der Waals surface area (Å²) in [4.78, 5) is 40.6. The number of hydrogen-bond acceptors (Lipinski definition) is 6. The van der Waals surface area contributed by atoms with Crippen molar-refractivity contribution in [2.45, 2.75) is 50.8 Å². The lowest BCUT2D eigenvalue weighted by atomic mass is 9.79. The van der Waals surface area contributed by atoms with E-state index in [0.717, 1.165) is 36.6 Å². The van der Waals surface area contributed by atoms with Gasteiger partial charge in [0.05, 0.1) is 34.4 Å². The van der Waals surface area contributed by atoms with Crippen LogP contribution in [0.2, 0.25) is 0 Å². The van der Waals surface area contributed by atoms with Crippen LogP contribution in [-0.2, 0) is 17.9 Å². The van der Waals surface area contributed by atoms with Crippen LogP contribution in [0, 0.1) is 12.8 Å². The molecule has 2 fully saturated rings. The summed E-state index contributed by atoms with van der Waals surface area (Å²) in [7, 11) is 0. The van der Waals surface area contributed by atoms with Gasteiger partial charge in [-0.1, -0.05) is 66.2 Å². The van der Waals surface area contributed by atoms with Crippen molar-refractivity contribution in [2.24, 2.45) is 5.92 Å². The zero-order valence-electron chi connectivity index (χ0n) is 25.6. The van der Waals surface area contributed by atoms with Crippen LogP contribution in [0.3, 0.4) is 0 Å². The molecular formula is C36H39N5O3S. The van der Waals surface area contributed by atoms with Crippen LogP contribution in [0.1, 0.15) is 41.9 Å². The topological polar surface area (TPSA) is 94.5 Å². The molecule has 2 aliphatic heterocycles. The normalized spacial score (nSPS) is 20.4. The van der Waals surface area contributed by atoms with Gasteiger partial charge in [0.25, 0.3) is 5.56 Å². The maximum absolute atomic E-state index is 14.1. The van der Waals surface area contributed by atoms with E-state index in [1.165, 1.54) is 27.6 Å². The van der Waals surface area contributed by atoms with Crippen LogP contribution in [-0.4, -0.2) is 67.1 Å². The lowest BCUT2D eigenvalue weighted by Crippen LogP contribution is -2.53. The fourth-order valence-electron chi connectivity index (χ4n) is 7.02. The SMILES string of the molecule is Cc1ccc(CN2CC[C@@H](C(=O)N3CCC(O)(Cn4cnc5[nH]c(-c6cccs6)cc5c4=O)CC3)[C@H](c3ccccc3)C2)cc1. The smallest absolute Gasteiger partial charge is 0.262 e. The number of amides is 1. The van der Waals surface area contributed by atoms with Crippen molar-refractivity contribution in [2.75, 3.05) is 26.2 Å². The van der Waals surface area contributed by atoms with Gasteiger partial charge in [-0.25, -0.2) is 4.98 Å². The van der Waals surface area contributed by atoms with Crippen molar-refractivity contribution < 1.29 is 9.90 Å². The van der Waals surface area contributed by atoms with E-state index < -0.39 is 5.60 Å². The Bertz CT molecular complexity index is 1820. The van der Waals surface area contributed by atoms with E-state index in [4.69, 9.17) is 0 Å². The first-order valence-corrected chi connectivity index (χ1v) is 16.7. The van der Waals surface area contributed by atoms with Crippen LogP contribution in [0.5, 0.6) is 0 Å². The molecule has 9 heteroatoms. The maximum atomic E-state index is 14.1. The van der Waals surface area contributed by atoms with Crippen molar-refractivity contribution in [3.05, 3.63) is 112 Å². The molecule has 3 aromatic heterocycles. The Kier molecular flexibility index (Phi) is 8.16. The molecular weight excluding hydrogens is 582 g/mol. The second kappa shape index (κ2) is 12.4. The largest absolute Gasteiger partial charge is 0.388 e. The molecule has 0 bridgehead atoms. The fourth-order valence-corrected chi connectivity index (χ4v) is 7.72. The number of nitrogens with one attached hydrogen (secondary N) is 1. The molecule has 0 aliphatic carbocycles. The van der Waals surface area contributed by atoms with Crippen molar-refractivity contribution >= 4 is 28.3 Å². The molecule has 2 N–H and O–H groups in total. The Hall–Kier alpha value is -4.05. The van der Waals surface area contributed by atoms with Crippen molar-refractivity contribution in [1.29, 1.82) is 0 Å². The fraction of sp³-hybridized carbons (Fsp3) is 0.361. The average molecular weight is 622 g/mol. The molecule has 45 heavy (non-hydrogen) atoms. The van der Waals surface area contributed by atoms with Gasteiger partial charge in [0.15, 0.2) is 0 Å². The van der Waals surface area contributed by atoms with E-state index in [0.29, 0.717) is 37.0 Å². The van der Waals surface area contributed by atoms with Gasteiger partial charge in [0, 0.05) is 38.0 Å². The monoisotopic (exact) mass is 621 g/mol.